The minimum absolute atomic E-state index is 0.217. The molecule has 1 heterocycles. The number of aryl methyl sites for hydroxylation is 1. The van der Waals surface area contributed by atoms with Gasteiger partial charge in [0.15, 0.2) is 0 Å². The van der Waals surface area contributed by atoms with Gasteiger partial charge in [-0.2, -0.15) is 0 Å². The molecule has 2 aromatic rings. The summed E-state index contributed by atoms with van der Waals surface area (Å²) in [5.41, 5.74) is 1.37. The van der Waals surface area contributed by atoms with Crippen molar-refractivity contribution in [1.29, 1.82) is 0 Å². The van der Waals surface area contributed by atoms with Crippen molar-refractivity contribution in [2.24, 2.45) is 0 Å². The Bertz CT molecular complexity index is 711. The monoisotopic (exact) mass is 400 g/mol. The molecule has 0 N–H and O–H groups in total. The second-order valence-corrected chi connectivity index (χ2v) is 7.90. The number of benzene rings is 2. The van der Waals surface area contributed by atoms with Gasteiger partial charge in [-0.15, -0.1) is 0 Å². The van der Waals surface area contributed by atoms with Gasteiger partial charge in [0.1, 0.15) is 23.9 Å². The molecule has 0 unspecified atom stereocenters. The van der Waals surface area contributed by atoms with E-state index in [1.165, 1.54) is 24.1 Å². The van der Waals surface area contributed by atoms with Crippen LogP contribution in [0.2, 0.25) is 0 Å². The summed E-state index contributed by atoms with van der Waals surface area (Å²) in [7, 11) is 0. The predicted octanol–water partition coefficient (Wildman–Crippen LogP) is 4.24. The van der Waals surface area contributed by atoms with Crippen molar-refractivity contribution in [1.82, 2.24) is 9.80 Å². The Hall–Kier alpha value is -2.11. The van der Waals surface area contributed by atoms with E-state index in [0.717, 1.165) is 57.2 Å². The second kappa shape index (κ2) is 11.2. The van der Waals surface area contributed by atoms with Gasteiger partial charge in [0.25, 0.3) is 0 Å². The smallest absolute Gasteiger partial charge is 0.123 e. The molecular formula is C24H33FN2O2. The van der Waals surface area contributed by atoms with Crippen molar-refractivity contribution < 1.29 is 13.9 Å². The molecule has 158 valence electrons. The Kier molecular flexibility index (Phi) is 8.32. The molecular weight excluding hydrogens is 367 g/mol. The van der Waals surface area contributed by atoms with Crippen LogP contribution in [0, 0.1) is 5.82 Å². The van der Waals surface area contributed by atoms with Crippen LogP contribution in [0.4, 0.5) is 4.39 Å². The Morgan fingerprint density at radius 2 is 1.41 bits per heavy atom. The van der Waals surface area contributed by atoms with Gasteiger partial charge in [0.2, 0.25) is 0 Å². The molecule has 0 saturated carbocycles. The number of piperazine rings is 1. The largest absolute Gasteiger partial charge is 0.492 e. The molecule has 0 aliphatic carbocycles. The minimum Gasteiger partial charge on any atom is -0.492 e. The van der Waals surface area contributed by atoms with Crippen molar-refractivity contribution in [2.45, 2.75) is 32.8 Å². The van der Waals surface area contributed by atoms with Crippen LogP contribution in [0.5, 0.6) is 11.5 Å². The van der Waals surface area contributed by atoms with Crippen LogP contribution in [0.25, 0.3) is 0 Å². The summed E-state index contributed by atoms with van der Waals surface area (Å²) >= 11 is 0. The highest BCUT2D eigenvalue weighted by atomic mass is 19.1. The zero-order valence-electron chi connectivity index (χ0n) is 17.6. The van der Waals surface area contributed by atoms with Crippen molar-refractivity contribution in [3.05, 3.63) is 59.9 Å². The molecule has 1 aliphatic heterocycles. The summed E-state index contributed by atoms with van der Waals surface area (Å²) in [5.74, 6) is 1.45. The Morgan fingerprint density at radius 1 is 0.828 bits per heavy atom. The number of hydrogen-bond acceptors (Lipinski definition) is 4. The Morgan fingerprint density at radius 3 is 2.03 bits per heavy atom. The van der Waals surface area contributed by atoms with Crippen LogP contribution in [0.15, 0.2) is 48.5 Å². The fourth-order valence-electron chi connectivity index (χ4n) is 3.57. The maximum absolute atomic E-state index is 12.9. The second-order valence-electron chi connectivity index (χ2n) is 7.90. The average molecular weight is 401 g/mol. The number of ether oxygens (including phenoxy) is 2. The first-order chi connectivity index (χ1) is 14.1. The molecule has 1 saturated heterocycles. The number of nitrogens with zero attached hydrogens (tertiary/aromatic N) is 2. The van der Waals surface area contributed by atoms with Crippen LogP contribution in [-0.4, -0.2) is 61.8 Å². The van der Waals surface area contributed by atoms with E-state index in [1.54, 1.807) is 12.1 Å². The lowest BCUT2D eigenvalue weighted by atomic mass is 10.1. The predicted molar refractivity (Wildman–Crippen MR) is 115 cm³/mol. The maximum Gasteiger partial charge on any atom is 0.123 e. The normalized spacial score (nSPS) is 15.6. The Balaban J connectivity index is 1.27. The molecule has 29 heavy (non-hydrogen) atoms. The Labute approximate surface area is 174 Å². The van der Waals surface area contributed by atoms with Crippen LogP contribution in [0.1, 0.15) is 25.8 Å². The third-order valence-electron chi connectivity index (χ3n) is 5.19. The highest BCUT2D eigenvalue weighted by molar-refractivity contribution is 5.27. The molecule has 0 atom stereocenters. The topological polar surface area (TPSA) is 24.9 Å². The summed E-state index contributed by atoms with van der Waals surface area (Å²) in [4.78, 5) is 4.99. The van der Waals surface area contributed by atoms with Gasteiger partial charge in [-0.3, -0.25) is 4.90 Å². The molecule has 0 spiro atoms. The van der Waals surface area contributed by atoms with Crippen molar-refractivity contribution >= 4 is 0 Å². The molecule has 5 heteroatoms. The lowest BCUT2D eigenvalue weighted by Crippen LogP contribution is -2.47. The first kappa shape index (κ1) is 21.6. The van der Waals surface area contributed by atoms with Crippen molar-refractivity contribution in [3.8, 4) is 11.5 Å². The number of halogens is 1. The zero-order chi connectivity index (χ0) is 20.5. The maximum atomic E-state index is 12.9. The van der Waals surface area contributed by atoms with Crippen LogP contribution in [-0.2, 0) is 6.42 Å². The average Bonchev–Trinajstić information content (AvgIpc) is 2.72. The third kappa shape index (κ3) is 7.67. The molecule has 1 fully saturated rings. The minimum atomic E-state index is -0.231. The molecule has 0 bridgehead atoms. The molecule has 4 nitrogen and oxygen atoms in total. The fraction of sp³-hybridized carbons (Fsp3) is 0.500. The van der Waals surface area contributed by atoms with Gasteiger partial charge >= 0.3 is 0 Å². The van der Waals surface area contributed by atoms with Gasteiger partial charge < -0.3 is 14.4 Å². The first-order valence-corrected chi connectivity index (χ1v) is 10.7. The van der Waals surface area contributed by atoms with E-state index in [1.807, 2.05) is 13.8 Å². The SMILES string of the molecule is CC(C)Oc1ccc(CCCN2CCN(CCOc3ccc(F)cc3)CC2)cc1. The molecule has 0 aromatic heterocycles. The molecule has 0 radical (unpaired) electrons. The number of hydrogen-bond donors (Lipinski definition) is 0. The first-order valence-electron chi connectivity index (χ1n) is 10.7. The van der Waals surface area contributed by atoms with Gasteiger partial charge in [-0.25, -0.2) is 4.39 Å². The molecule has 0 amide bonds. The summed E-state index contributed by atoms with van der Waals surface area (Å²) in [6.07, 6.45) is 2.50. The van der Waals surface area contributed by atoms with Gasteiger partial charge in [-0.05, 0) is 75.2 Å². The standard InChI is InChI=1S/C24H33FN2O2/c1-20(2)29-24-9-5-21(6-10-24)4-3-13-26-14-16-27(17-15-26)18-19-28-23-11-7-22(25)8-12-23/h5-12,20H,3-4,13-19H2,1-2H3. The van der Waals surface area contributed by atoms with E-state index in [4.69, 9.17) is 9.47 Å². The van der Waals surface area contributed by atoms with E-state index in [2.05, 4.69) is 34.1 Å². The summed E-state index contributed by atoms with van der Waals surface area (Å²) < 4.78 is 24.3. The van der Waals surface area contributed by atoms with E-state index in [9.17, 15) is 4.39 Å². The summed E-state index contributed by atoms with van der Waals surface area (Å²) in [5, 5.41) is 0. The zero-order valence-corrected chi connectivity index (χ0v) is 17.6. The van der Waals surface area contributed by atoms with Crippen molar-refractivity contribution in [3.63, 3.8) is 0 Å². The van der Waals surface area contributed by atoms with E-state index < -0.39 is 0 Å². The van der Waals surface area contributed by atoms with E-state index in [0.29, 0.717) is 6.61 Å². The highest BCUT2D eigenvalue weighted by Gasteiger charge is 2.16. The van der Waals surface area contributed by atoms with E-state index in [-0.39, 0.29) is 11.9 Å². The fourth-order valence-corrected chi connectivity index (χ4v) is 3.57. The highest BCUT2D eigenvalue weighted by Crippen LogP contribution is 2.15. The molecule has 3 rings (SSSR count). The molecule has 2 aromatic carbocycles. The lowest BCUT2D eigenvalue weighted by Gasteiger charge is -2.34. The quantitative estimate of drug-likeness (QED) is 0.596. The van der Waals surface area contributed by atoms with Crippen LogP contribution < -0.4 is 9.47 Å². The summed E-state index contributed by atoms with van der Waals surface area (Å²) in [6, 6.07) is 14.7. The van der Waals surface area contributed by atoms with E-state index >= 15 is 0 Å². The van der Waals surface area contributed by atoms with Crippen LogP contribution >= 0.6 is 0 Å². The van der Waals surface area contributed by atoms with Gasteiger partial charge in [0, 0.05) is 32.7 Å². The van der Waals surface area contributed by atoms with Crippen molar-refractivity contribution in [2.75, 3.05) is 45.9 Å². The molecule has 1 aliphatic rings. The third-order valence-corrected chi connectivity index (χ3v) is 5.19. The summed E-state index contributed by atoms with van der Waals surface area (Å²) in [6.45, 7) is 11.2. The van der Waals surface area contributed by atoms with Gasteiger partial charge in [-0.1, -0.05) is 12.1 Å². The van der Waals surface area contributed by atoms with Gasteiger partial charge in [0.05, 0.1) is 6.10 Å². The number of rotatable bonds is 10. The van der Waals surface area contributed by atoms with Crippen LogP contribution in [0.3, 0.4) is 0 Å². The lowest BCUT2D eigenvalue weighted by molar-refractivity contribution is 0.116.